The molecule has 0 atom stereocenters. The van der Waals surface area contributed by atoms with Crippen molar-refractivity contribution in [2.75, 3.05) is 24.8 Å². The van der Waals surface area contributed by atoms with Crippen LogP contribution in [0.4, 0.5) is 5.13 Å². The van der Waals surface area contributed by atoms with E-state index in [9.17, 15) is 14.4 Å². The van der Waals surface area contributed by atoms with Crippen LogP contribution in [0.3, 0.4) is 0 Å². The van der Waals surface area contributed by atoms with Crippen molar-refractivity contribution >= 4 is 46.1 Å². The fraction of sp³-hybridized carbons (Fsp3) is 0.235. The van der Waals surface area contributed by atoms with Gasteiger partial charge in [0, 0.05) is 5.38 Å². The van der Waals surface area contributed by atoms with Gasteiger partial charge in [0.25, 0.3) is 0 Å². The number of thioether (sulfide) groups is 1. The molecule has 0 unspecified atom stereocenters. The average Bonchev–Trinajstić information content (AvgIpc) is 3.41. The standard InChI is InChI=1S/C17H16N6O5S2/c1-3-28-15(26)12-8-29-16(18-12)19-13(24)9-30-17-20-21-22-23(17)11-6-4-10(5-7-11)14(25)27-2/h4-8H,3,9H2,1-2H3,(H,18,19,24). The zero-order chi connectivity index (χ0) is 21.5. The minimum atomic E-state index is -0.541. The number of carbonyl (C=O) groups excluding carboxylic acids is 3. The van der Waals surface area contributed by atoms with Gasteiger partial charge in [-0.05, 0) is 41.6 Å². The van der Waals surface area contributed by atoms with E-state index in [0.717, 1.165) is 23.1 Å². The average molecular weight is 448 g/mol. The van der Waals surface area contributed by atoms with Crippen LogP contribution in [0.15, 0.2) is 34.8 Å². The van der Waals surface area contributed by atoms with Gasteiger partial charge >= 0.3 is 11.9 Å². The molecule has 0 spiro atoms. The second kappa shape index (κ2) is 9.93. The minimum absolute atomic E-state index is 0.0228. The lowest BCUT2D eigenvalue weighted by Gasteiger charge is -2.05. The number of anilines is 1. The quantitative estimate of drug-likeness (QED) is 0.401. The highest BCUT2D eigenvalue weighted by Crippen LogP contribution is 2.20. The van der Waals surface area contributed by atoms with Crippen molar-refractivity contribution < 1.29 is 23.9 Å². The Bertz CT molecular complexity index is 1050. The van der Waals surface area contributed by atoms with Gasteiger partial charge in [-0.15, -0.1) is 16.4 Å². The maximum absolute atomic E-state index is 12.2. The molecule has 30 heavy (non-hydrogen) atoms. The summed E-state index contributed by atoms with van der Waals surface area (Å²) in [6, 6.07) is 6.51. The topological polar surface area (TPSA) is 138 Å². The first-order valence-corrected chi connectivity index (χ1v) is 10.4. The number of benzene rings is 1. The van der Waals surface area contributed by atoms with E-state index in [0.29, 0.717) is 21.5 Å². The number of tetrazole rings is 1. The van der Waals surface area contributed by atoms with Crippen molar-refractivity contribution in [1.82, 2.24) is 25.2 Å². The lowest BCUT2D eigenvalue weighted by Crippen LogP contribution is -2.15. The van der Waals surface area contributed by atoms with Gasteiger partial charge in [-0.2, -0.15) is 4.68 Å². The minimum Gasteiger partial charge on any atom is -0.465 e. The Morgan fingerprint density at radius 1 is 1.20 bits per heavy atom. The van der Waals surface area contributed by atoms with Crippen molar-refractivity contribution in [3.8, 4) is 5.69 Å². The van der Waals surface area contributed by atoms with E-state index >= 15 is 0 Å². The fourth-order valence-corrected chi connectivity index (χ4v) is 3.59. The van der Waals surface area contributed by atoms with Crippen molar-refractivity contribution in [2.24, 2.45) is 0 Å². The van der Waals surface area contributed by atoms with E-state index < -0.39 is 11.9 Å². The van der Waals surface area contributed by atoms with E-state index in [1.54, 1.807) is 31.2 Å². The molecule has 13 heteroatoms. The van der Waals surface area contributed by atoms with Crippen molar-refractivity contribution in [3.63, 3.8) is 0 Å². The normalized spacial score (nSPS) is 10.5. The number of thiazole rings is 1. The molecule has 0 fully saturated rings. The Morgan fingerprint density at radius 2 is 1.97 bits per heavy atom. The summed E-state index contributed by atoms with van der Waals surface area (Å²) in [5.41, 5.74) is 1.16. The number of nitrogens with zero attached hydrogens (tertiary/aromatic N) is 5. The molecule has 3 aromatic rings. The summed E-state index contributed by atoms with van der Waals surface area (Å²) in [5, 5.41) is 16.3. The van der Waals surface area contributed by atoms with E-state index in [1.165, 1.54) is 17.2 Å². The molecule has 3 rings (SSSR count). The third kappa shape index (κ3) is 5.18. The second-order valence-electron chi connectivity index (χ2n) is 5.51. The van der Waals surface area contributed by atoms with Gasteiger partial charge in [0.1, 0.15) is 0 Å². The van der Waals surface area contributed by atoms with Gasteiger partial charge in [-0.25, -0.2) is 14.6 Å². The van der Waals surface area contributed by atoms with Crippen LogP contribution in [0.2, 0.25) is 0 Å². The van der Waals surface area contributed by atoms with Gasteiger partial charge in [-0.3, -0.25) is 4.79 Å². The number of hydrogen-bond acceptors (Lipinski definition) is 11. The first kappa shape index (κ1) is 21.4. The molecule has 1 aromatic carbocycles. The maximum atomic E-state index is 12.2. The van der Waals surface area contributed by atoms with Crippen LogP contribution in [0.1, 0.15) is 27.8 Å². The van der Waals surface area contributed by atoms with Crippen LogP contribution in [-0.4, -0.2) is 62.5 Å². The number of hydrogen-bond donors (Lipinski definition) is 1. The highest BCUT2D eigenvalue weighted by Gasteiger charge is 2.15. The fourth-order valence-electron chi connectivity index (χ4n) is 2.20. The largest absolute Gasteiger partial charge is 0.465 e. The summed E-state index contributed by atoms with van der Waals surface area (Å²) in [5.74, 6) is -1.30. The summed E-state index contributed by atoms with van der Waals surface area (Å²) in [7, 11) is 1.31. The second-order valence-corrected chi connectivity index (χ2v) is 7.31. The molecule has 2 aromatic heterocycles. The number of methoxy groups -OCH3 is 1. The zero-order valence-corrected chi connectivity index (χ0v) is 17.5. The van der Waals surface area contributed by atoms with Crippen LogP contribution in [0, 0.1) is 0 Å². The van der Waals surface area contributed by atoms with Gasteiger partial charge in [0.2, 0.25) is 11.1 Å². The number of esters is 2. The molecule has 0 saturated heterocycles. The van der Waals surface area contributed by atoms with Gasteiger partial charge in [-0.1, -0.05) is 11.8 Å². The van der Waals surface area contributed by atoms with E-state index in [1.807, 2.05) is 0 Å². The van der Waals surface area contributed by atoms with Crippen molar-refractivity contribution in [2.45, 2.75) is 12.1 Å². The molecule has 156 valence electrons. The summed E-state index contributed by atoms with van der Waals surface area (Å²) in [6.45, 7) is 1.94. The van der Waals surface area contributed by atoms with Gasteiger partial charge in [0.05, 0.1) is 30.7 Å². The van der Waals surface area contributed by atoms with Crippen LogP contribution in [0.25, 0.3) is 5.69 Å². The molecule has 0 radical (unpaired) electrons. The molecule has 1 N–H and O–H groups in total. The third-order valence-corrected chi connectivity index (χ3v) is 5.22. The monoisotopic (exact) mass is 448 g/mol. The Balaban J connectivity index is 1.59. The summed E-state index contributed by atoms with van der Waals surface area (Å²) < 4.78 is 11.0. The highest BCUT2D eigenvalue weighted by atomic mass is 32.2. The van der Waals surface area contributed by atoms with E-state index in [4.69, 9.17) is 4.74 Å². The lowest BCUT2D eigenvalue weighted by molar-refractivity contribution is -0.113. The molecular weight excluding hydrogens is 432 g/mol. The van der Waals surface area contributed by atoms with Crippen LogP contribution in [-0.2, 0) is 14.3 Å². The number of rotatable bonds is 8. The zero-order valence-electron chi connectivity index (χ0n) is 15.9. The Hall–Kier alpha value is -3.32. The number of carbonyl (C=O) groups is 3. The molecule has 2 heterocycles. The molecule has 11 nitrogen and oxygen atoms in total. The molecule has 0 aliphatic carbocycles. The van der Waals surface area contributed by atoms with Crippen LogP contribution in [0.5, 0.6) is 0 Å². The molecule has 0 aliphatic rings. The number of nitrogens with one attached hydrogen (secondary N) is 1. The molecule has 0 aliphatic heterocycles. The Morgan fingerprint density at radius 3 is 2.67 bits per heavy atom. The summed E-state index contributed by atoms with van der Waals surface area (Å²) in [6.07, 6.45) is 0. The number of aromatic nitrogens is 5. The Kier molecular flexibility index (Phi) is 7.08. The third-order valence-electron chi connectivity index (χ3n) is 3.54. The predicted molar refractivity (Wildman–Crippen MR) is 108 cm³/mol. The van der Waals surface area contributed by atoms with E-state index in [-0.39, 0.29) is 24.0 Å². The van der Waals surface area contributed by atoms with Crippen molar-refractivity contribution in [1.29, 1.82) is 0 Å². The first-order valence-electron chi connectivity index (χ1n) is 8.54. The highest BCUT2D eigenvalue weighted by molar-refractivity contribution is 7.99. The SMILES string of the molecule is CCOC(=O)c1csc(NC(=O)CSc2nnnn2-c2ccc(C(=O)OC)cc2)n1. The first-order chi connectivity index (χ1) is 14.5. The Labute approximate surface area is 178 Å². The summed E-state index contributed by atoms with van der Waals surface area (Å²) >= 11 is 2.24. The van der Waals surface area contributed by atoms with Crippen LogP contribution < -0.4 is 5.32 Å². The smallest absolute Gasteiger partial charge is 0.357 e. The molecule has 1 amide bonds. The number of amides is 1. The molecule has 0 saturated carbocycles. The van der Waals surface area contributed by atoms with Crippen molar-refractivity contribution in [3.05, 3.63) is 40.9 Å². The molecule has 0 bridgehead atoms. The predicted octanol–water partition coefficient (Wildman–Crippen LogP) is 1.81. The van der Waals surface area contributed by atoms with Gasteiger partial charge in [0.15, 0.2) is 10.8 Å². The molecular formula is C17H16N6O5S2. The summed E-state index contributed by atoms with van der Waals surface area (Å²) in [4.78, 5) is 39.4. The van der Waals surface area contributed by atoms with E-state index in [2.05, 4.69) is 30.6 Å². The van der Waals surface area contributed by atoms with Gasteiger partial charge < -0.3 is 14.8 Å². The number of ether oxygens (including phenoxy) is 2. The lowest BCUT2D eigenvalue weighted by atomic mass is 10.2. The van der Waals surface area contributed by atoms with Crippen LogP contribution >= 0.6 is 23.1 Å². The maximum Gasteiger partial charge on any atom is 0.357 e.